The maximum Gasteiger partial charge on any atom is 0.0581 e. The van der Waals surface area contributed by atoms with Crippen LogP contribution in [0, 0.1) is 17.3 Å². The second-order valence-electron chi connectivity index (χ2n) is 8.52. The summed E-state index contributed by atoms with van der Waals surface area (Å²) >= 11 is 0. The summed E-state index contributed by atoms with van der Waals surface area (Å²) in [4.78, 5) is 2.72. The third-order valence-electron chi connectivity index (χ3n) is 5.39. The second-order valence-corrected chi connectivity index (χ2v) is 8.52. The number of aliphatic hydroxyl groups is 1. The molecule has 0 heterocycles. The van der Waals surface area contributed by atoms with Crippen molar-refractivity contribution in [2.24, 2.45) is 17.3 Å². The minimum absolute atomic E-state index is 0.0703. The highest BCUT2D eigenvalue weighted by molar-refractivity contribution is 4.88. The van der Waals surface area contributed by atoms with Crippen LogP contribution >= 0.6 is 0 Å². The molecule has 0 aromatic rings. The van der Waals surface area contributed by atoms with E-state index in [-0.39, 0.29) is 6.10 Å². The molecule has 2 unspecified atom stereocenters. The van der Waals surface area contributed by atoms with Crippen molar-refractivity contribution in [2.45, 2.75) is 84.8 Å². The van der Waals surface area contributed by atoms with Gasteiger partial charge in [-0.2, -0.15) is 0 Å². The zero-order valence-corrected chi connectivity index (χ0v) is 14.1. The van der Waals surface area contributed by atoms with Gasteiger partial charge in [-0.15, -0.1) is 0 Å². The van der Waals surface area contributed by atoms with E-state index in [1.807, 2.05) is 0 Å². The Morgan fingerprint density at radius 1 is 1.15 bits per heavy atom. The average molecular weight is 281 g/mol. The number of rotatable bonds is 5. The highest BCUT2D eigenvalue weighted by Crippen LogP contribution is 2.39. The fourth-order valence-corrected chi connectivity index (χ4v) is 4.32. The lowest BCUT2D eigenvalue weighted by atomic mass is 9.70. The second kappa shape index (κ2) is 6.79. The summed E-state index contributed by atoms with van der Waals surface area (Å²) in [5, 5.41) is 10.4. The van der Waals surface area contributed by atoms with Crippen molar-refractivity contribution >= 4 is 0 Å². The maximum atomic E-state index is 10.4. The monoisotopic (exact) mass is 281 g/mol. The standard InChI is InChI=1S/C18H35NO/c1-14(2)12-19(16-7-5-6-8-16)13-15-11-18(3,4)10-9-17(15)20/h14-17,20H,5-13H2,1-4H3. The summed E-state index contributed by atoms with van der Waals surface area (Å²) in [6.45, 7) is 11.7. The van der Waals surface area contributed by atoms with Gasteiger partial charge in [-0.25, -0.2) is 0 Å². The van der Waals surface area contributed by atoms with Gasteiger partial charge < -0.3 is 5.11 Å². The van der Waals surface area contributed by atoms with Crippen LogP contribution in [0.1, 0.15) is 72.6 Å². The van der Waals surface area contributed by atoms with Gasteiger partial charge >= 0.3 is 0 Å². The molecule has 2 fully saturated rings. The van der Waals surface area contributed by atoms with Gasteiger partial charge in [0.15, 0.2) is 0 Å². The van der Waals surface area contributed by atoms with Crippen molar-refractivity contribution in [1.82, 2.24) is 4.90 Å². The smallest absolute Gasteiger partial charge is 0.0581 e. The van der Waals surface area contributed by atoms with Crippen molar-refractivity contribution < 1.29 is 5.11 Å². The lowest BCUT2D eigenvalue weighted by Crippen LogP contribution is -2.45. The van der Waals surface area contributed by atoms with Crippen LogP contribution in [0.3, 0.4) is 0 Å². The average Bonchev–Trinajstić information content (AvgIpc) is 2.86. The molecule has 2 aliphatic carbocycles. The predicted molar refractivity (Wildman–Crippen MR) is 85.8 cm³/mol. The van der Waals surface area contributed by atoms with Gasteiger partial charge in [0, 0.05) is 19.1 Å². The molecule has 20 heavy (non-hydrogen) atoms. The van der Waals surface area contributed by atoms with Gasteiger partial charge in [-0.1, -0.05) is 40.5 Å². The van der Waals surface area contributed by atoms with E-state index in [0.29, 0.717) is 11.3 Å². The molecule has 0 aromatic heterocycles. The van der Waals surface area contributed by atoms with Crippen LogP contribution in [0.2, 0.25) is 0 Å². The Bertz CT molecular complexity index is 294. The fourth-order valence-electron chi connectivity index (χ4n) is 4.32. The Hall–Kier alpha value is -0.0800. The van der Waals surface area contributed by atoms with Gasteiger partial charge in [-0.05, 0) is 49.4 Å². The quantitative estimate of drug-likeness (QED) is 0.821. The molecule has 0 aromatic carbocycles. The van der Waals surface area contributed by atoms with Crippen molar-refractivity contribution in [1.29, 1.82) is 0 Å². The van der Waals surface area contributed by atoms with E-state index < -0.39 is 0 Å². The van der Waals surface area contributed by atoms with E-state index in [9.17, 15) is 5.11 Å². The Morgan fingerprint density at radius 2 is 1.80 bits per heavy atom. The lowest BCUT2D eigenvalue weighted by molar-refractivity contribution is -0.00450. The predicted octanol–water partition coefficient (Wildman–Crippen LogP) is 4.07. The number of hydrogen-bond acceptors (Lipinski definition) is 2. The van der Waals surface area contributed by atoms with Crippen LogP contribution in [0.4, 0.5) is 0 Å². The number of aliphatic hydroxyl groups excluding tert-OH is 1. The summed E-state index contributed by atoms with van der Waals surface area (Å²) in [5.41, 5.74) is 0.420. The van der Waals surface area contributed by atoms with Crippen LogP contribution < -0.4 is 0 Å². The first kappa shape index (κ1) is 16.3. The molecule has 0 amide bonds. The first-order valence-electron chi connectivity index (χ1n) is 8.79. The Labute approximate surface area is 125 Å². The molecular formula is C18H35NO. The van der Waals surface area contributed by atoms with Crippen LogP contribution in [-0.4, -0.2) is 35.2 Å². The van der Waals surface area contributed by atoms with E-state index >= 15 is 0 Å². The van der Waals surface area contributed by atoms with Crippen LogP contribution in [0.25, 0.3) is 0 Å². The van der Waals surface area contributed by atoms with E-state index in [1.165, 1.54) is 45.1 Å². The van der Waals surface area contributed by atoms with Crippen molar-refractivity contribution in [3.8, 4) is 0 Å². The molecular weight excluding hydrogens is 246 g/mol. The summed E-state index contributed by atoms with van der Waals surface area (Å²) in [5.74, 6) is 1.21. The van der Waals surface area contributed by atoms with Crippen LogP contribution in [-0.2, 0) is 0 Å². The molecule has 2 saturated carbocycles. The molecule has 0 bridgehead atoms. The van der Waals surface area contributed by atoms with Gasteiger partial charge in [0.1, 0.15) is 0 Å². The Morgan fingerprint density at radius 3 is 2.40 bits per heavy atom. The van der Waals surface area contributed by atoms with Gasteiger partial charge in [-0.3, -0.25) is 4.90 Å². The summed E-state index contributed by atoms with van der Waals surface area (Å²) in [7, 11) is 0. The molecule has 2 heteroatoms. The molecule has 0 aliphatic heterocycles. The van der Waals surface area contributed by atoms with E-state index in [1.54, 1.807) is 0 Å². The molecule has 0 radical (unpaired) electrons. The molecule has 2 atom stereocenters. The van der Waals surface area contributed by atoms with Gasteiger partial charge in [0.2, 0.25) is 0 Å². The van der Waals surface area contributed by atoms with Crippen LogP contribution in [0.15, 0.2) is 0 Å². The van der Waals surface area contributed by atoms with E-state index in [2.05, 4.69) is 32.6 Å². The van der Waals surface area contributed by atoms with E-state index in [4.69, 9.17) is 0 Å². The first-order valence-corrected chi connectivity index (χ1v) is 8.79. The van der Waals surface area contributed by atoms with Crippen LogP contribution in [0.5, 0.6) is 0 Å². The normalized spacial score (nSPS) is 31.4. The first-order chi connectivity index (χ1) is 9.37. The Kier molecular flexibility index (Phi) is 5.53. The zero-order valence-electron chi connectivity index (χ0n) is 14.1. The minimum atomic E-state index is -0.0703. The number of nitrogens with zero attached hydrogens (tertiary/aromatic N) is 1. The molecule has 1 N–H and O–H groups in total. The molecule has 0 spiro atoms. The molecule has 2 rings (SSSR count). The summed E-state index contributed by atoms with van der Waals surface area (Å²) < 4.78 is 0. The molecule has 2 nitrogen and oxygen atoms in total. The summed E-state index contributed by atoms with van der Waals surface area (Å²) in [6, 6.07) is 0.787. The third kappa shape index (κ3) is 4.46. The maximum absolute atomic E-state index is 10.4. The molecule has 118 valence electrons. The van der Waals surface area contributed by atoms with Gasteiger partial charge in [0.05, 0.1) is 6.10 Å². The molecule has 2 aliphatic rings. The van der Waals surface area contributed by atoms with E-state index in [0.717, 1.165) is 24.9 Å². The third-order valence-corrected chi connectivity index (χ3v) is 5.39. The summed E-state index contributed by atoms with van der Waals surface area (Å²) in [6.07, 6.45) is 8.85. The highest BCUT2D eigenvalue weighted by Gasteiger charge is 2.36. The topological polar surface area (TPSA) is 23.5 Å². The Balaban J connectivity index is 1.98. The zero-order chi connectivity index (χ0) is 14.8. The van der Waals surface area contributed by atoms with Crippen molar-refractivity contribution in [3.05, 3.63) is 0 Å². The minimum Gasteiger partial charge on any atom is -0.393 e. The highest BCUT2D eigenvalue weighted by atomic mass is 16.3. The lowest BCUT2D eigenvalue weighted by Gasteiger charge is -2.42. The fraction of sp³-hybridized carbons (Fsp3) is 1.00. The largest absolute Gasteiger partial charge is 0.393 e. The molecule has 0 saturated heterocycles. The number of hydrogen-bond donors (Lipinski definition) is 1. The van der Waals surface area contributed by atoms with Crippen molar-refractivity contribution in [2.75, 3.05) is 13.1 Å². The SMILES string of the molecule is CC(C)CN(CC1CC(C)(C)CCC1O)C1CCCC1. The van der Waals surface area contributed by atoms with Gasteiger partial charge in [0.25, 0.3) is 0 Å². The van der Waals surface area contributed by atoms with Crippen molar-refractivity contribution in [3.63, 3.8) is 0 Å².